The van der Waals surface area contributed by atoms with Gasteiger partial charge < -0.3 is 5.73 Å². The number of anilines is 1. The summed E-state index contributed by atoms with van der Waals surface area (Å²) < 4.78 is 0. The van der Waals surface area contributed by atoms with Gasteiger partial charge in [-0.1, -0.05) is 36.4 Å². The standard InChI is InChI=1S/C16H17N/c1-3-7-13-11-12-9-5-6-10-14(12)15(8-4-2)16(13)17/h3-6,9-11H,1-2,7-8,17H2. The Morgan fingerprint density at radius 1 is 1.06 bits per heavy atom. The molecule has 0 fully saturated rings. The molecule has 0 aromatic heterocycles. The Morgan fingerprint density at radius 3 is 2.47 bits per heavy atom. The van der Waals surface area contributed by atoms with Gasteiger partial charge in [0.05, 0.1) is 0 Å². The second kappa shape index (κ2) is 4.88. The fraction of sp³-hybridized carbons (Fsp3) is 0.125. The SMILES string of the molecule is C=CCc1cc2ccccc2c(CC=C)c1N. The molecule has 1 nitrogen and oxygen atoms in total. The number of nitrogens with two attached hydrogens (primary N) is 1. The highest BCUT2D eigenvalue weighted by molar-refractivity contribution is 5.91. The van der Waals surface area contributed by atoms with Crippen molar-refractivity contribution in [3.63, 3.8) is 0 Å². The van der Waals surface area contributed by atoms with Crippen molar-refractivity contribution in [2.75, 3.05) is 5.73 Å². The van der Waals surface area contributed by atoms with Crippen LogP contribution in [0.1, 0.15) is 11.1 Å². The van der Waals surface area contributed by atoms with Crippen LogP contribution in [0.4, 0.5) is 5.69 Å². The van der Waals surface area contributed by atoms with E-state index in [4.69, 9.17) is 5.73 Å². The molecule has 2 aromatic carbocycles. The van der Waals surface area contributed by atoms with Crippen LogP contribution >= 0.6 is 0 Å². The molecule has 0 bridgehead atoms. The summed E-state index contributed by atoms with van der Waals surface area (Å²) in [6.07, 6.45) is 5.39. The van der Waals surface area contributed by atoms with E-state index in [0.717, 1.165) is 24.1 Å². The van der Waals surface area contributed by atoms with Crippen LogP contribution in [0.25, 0.3) is 10.8 Å². The van der Waals surface area contributed by atoms with Crippen LogP contribution in [0.5, 0.6) is 0 Å². The van der Waals surface area contributed by atoms with Crippen molar-refractivity contribution in [1.29, 1.82) is 0 Å². The van der Waals surface area contributed by atoms with Gasteiger partial charge in [-0.3, -0.25) is 0 Å². The molecular weight excluding hydrogens is 206 g/mol. The maximum Gasteiger partial charge on any atom is 0.0391 e. The Balaban J connectivity index is 2.74. The predicted molar refractivity (Wildman–Crippen MR) is 76.2 cm³/mol. The van der Waals surface area contributed by atoms with E-state index in [9.17, 15) is 0 Å². The molecule has 0 aliphatic heterocycles. The van der Waals surface area contributed by atoms with Gasteiger partial charge in [0.15, 0.2) is 0 Å². The number of nitrogen functional groups attached to an aromatic ring is 1. The fourth-order valence-electron chi connectivity index (χ4n) is 2.19. The van der Waals surface area contributed by atoms with E-state index in [0.29, 0.717) is 0 Å². The van der Waals surface area contributed by atoms with Crippen molar-refractivity contribution in [3.05, 3.63) is 66.8 Å². The number of hydrogen-bond donors (Lipinski definition) is 1. The van der Waals surface area contributed by atoms with Crippen molar-refractivity contribution in [2.24, 2.45) is 0 Å². The monoisotopic (exact) mass is 223 g/mol. The van der Waals surface area contributed by atoms with E-state index in [1.54, 1.807) is 0 Å². The van der Waals surface area contributed by atoms with E-state index in [1.165, 1.54) is 16.3 Å². The summed E-state index contributed by atoms with van der Waals surface area (Å²) in [5, 5.41) is 2.45. The molecule has 2 aromatic rings. The first-order valence-electron chi connectivity index (χ1n) is 5.78. The number of benzene rings is 2. The first kappa shape index (κ1) is 11.5. The lowest BCUT2D eigenvalue weighted by Crippen LogP contribution is -2.00. The molecule has 0 spiro atoms. The van der Waals surface area contributed by atoms with E-state index in [2.05, 4.69) is 31.4 Å². The maximum atomic E-state index is 6.23. The molecule has 2 rings (SSSR count). The molecule has 0 saturated carbocycles. The topological polar surface area (TPSA) is 26.0 Å². The fourth-order valence-corrected chi connectivity index (χ4v) is 2.19. The average molecular weight is 223 g/mol. The molecule has 0 aliphatic carbocycles. The highest BCUT2D eigenvalue weighted by Crippen LogP contribution is 2.29. The minimum absolute atomic E-state index is 0.803. The van der Waals surface area contributed by atoms with Crippen LogP contribution in [0.15, 0.2) is 55.6 Å². The minimum atomic E-state index is 0.803. The predicted octanol–water partition coefficient (Wildman–Crippen LogP) is 3.88. The van der Waals surface area contributed by atoms with Crippen LogP contribution in [0.2, 0.25) is 0 Å². The summed E-state index contributed by atoms with van der Waals surface area (Å²) in [6.45, 7) is 7.58. The van der Waals surface area contributed by atoms with Gasteiger partial charge in [0.2, 0.25) is 0 Å². The zero-order chi connectivity index (χ0) is 12.3. The Labute approximate surface area is 102 Å². The van der Waals surface area contributed by atoms with Crippen LogP contribution in [0, 0.1) is 0 Å². The molecule has 17 heavy (non-hydrogen) atoms. The van der Waals surface area contributed by atoms with Crippen LogP contribution < -0.4 is 5.73 Å². The Kier molecular flexibility index (Phi) is 3.29. The second-order valence-corrected chi connectivity index (χ2v) is 4.13. The highest BCUT2D eigenvalue weighted by Gasteiger charge is 2.08. The van der Waals surface area contributed by atoms with Crippen molar-refractivity contribution in [1.82, 2.24) is 0 Å². The zero-order valence-corrected chi connectivity index (χ0v) is 9.95. The third-order valence-corrected chi connectivity index (χ3v) is 3.00. The third kappa shape index (κ3) is 2.09. The van der Waals surface area contributed by atoms with E-state index in [-0.39, 0.29) is 0 Å². The molecule has 1 heteroatoms. The lowest BCUT2D eigenvalue weighted by Gasteiger charge is -2.13. The molecule has 0 saturated heterocycles. The molecule has 86 valence electrons. The zero-order valence-electron chi connectivity index (χ0n) is 9.95. The number of rotatable bonds is 4. The summed E-state index contributed by atoms with van der Waals surface area (Å²) in [4.78, 5) is 0. The molecule has 0 unspecified atom stereocenters. The molecule has 0 atom stereocenters. The summed E-state index contributed by atoms with van der Waals surface area (Å²) >= 11 is 0. The smallest absolute Gasteiger partial charge is 0.0391 e. The normalized spacial score (nSPS) is 10.4. The minimum Gasteiger partial charge on any atom is -0.398 e. The Hall–Kier alpha value is -2.02. The lowest BCUT2D eigenvalue weighted by molar-refractivity contribution is 1.24. The van der Waals surface area contributed by atoms with Gasteiger partial charge in [0, 0.05) is 5.69 Å². The lowest BCUT2D eigenvalue weighted by atomic mass is 9.95. The third-order valence-electron chi connectivity index (χ3n) is 3.00. The first-order chi connectivity index (χ1) is 8.27. The first-order valence-corrected chi connectivity index (χ1v) is 5.78. The molecule has 2 N–H and O–H groups in total. The summed E-state index contributed by atoms with van der Waals surface area (Å²) in [6, 6.07) is 10.5. The van der Waals surface area contributed by atoms with Crippen molar-refractivity contribution in [2.45, 2.75) is 12.8 Å². The number of allylic oxidation sites excluding steroid dienone is 2. The molecule has 0 aliphatic rings. The van der Waals surface area contributed by atoms with Crippen LogP contribution in [-0.2, 0) is 12.8 Å². The van der Waals surface area contributed by atoms with E-state index < -0.39 is 0 Å². The van der Waals surface area contributed by atoms with Gasteiger partial charge in [-0.15, -0.1) is 13.2 Å². The van der Waals surface area contributed by atoms with Crippen molar-refractivity contribution >= 4 is 16.5 Å². The van der Waals surface area contributed by atoms with Gasteiger partial charge >= 0.3 is 0 Å². The van der Waals surface area contributed by atoms with Gasteiger partial charge in [0.25, 0.3) is 0 Å². The van der Waals surface area contributed by atoms with Gasteiger partial charge in [-0.25, -0.2) is 0 Å². The van der Waals surface area contributed by atoms with Crippen molar-refractivity contribution in [3.8, 4) is 0 Å². The van der Waals surface area contributed by atoms with Crippen LogP contribution in [-0.4, -0.2) is 0 Å². The number of fused-ring (bicyclic) bond motifs is 1. The average Bonchev–Trinajstić information content (AvgIpc) is 2.35. The highest BCUT2D eigenvalue weighted by atomic mass is 14.6. The summed E-state index contributed by atoms with van der Waals surface area (Å²) in [7, 11) is 0. The molecule has 0 heterocycles. The Bertz CT molecular complexity index is 567. The number of hydrogen-bond acceptors (Lipinski definition) is 1. The van der Waals surface area contributed by atoms with Gasteiger partial charge in [-0.05, 0) is 40.8 Å². The summed E-state index contributed by atoms with van der Waals surface area (Å²) in [5.41, 5.74) is 9.43. The second-order valence-electron chi connectivity index (χ2n) is 4.13. The van der Waals surface area contributed by atoms with Gasteiger partial charge in [0.1, 0.15) is 0 Å². The van der Waals surface area contributed by atoms with Gasteiger partial charge in [-0.2, -0.15) is 0 Å². The van der Waals surface area contributed by atoms with E-state index in [1.807, 2.05) is 24.3 Å². The Morgan fingerprint density at radius 2 is 1.76 bits per heavy atom. The van der Waals surface area contributed by atoms with E-state index >= 15 is 0 Å². The summed E-state index contributed by atoms with van der Waals surface area (Å²) in [5.74, 6) is 0. The largest absolute Gasteiger partial charge is 0.398 e. The molecule has 0 amide bonds. The maximum absolute atomic E-state index is 6.23. The quantitative estimate of drug-likeness (QED) is 0.618. The molecular formula is C16H17N. The van der Waals surface area contributed by atoms with Crippen molar-refractivity contribution < 1.29 is 0 Å². The molecule has 0 radical (unpaired) electrons. The van der Waals surface area contributed by atoms with Crippen LogP contribution in [0.3, 0.4) is 0 Å².